The Morgan fingerprint density at radius 1 is 0.943 bits per heavy atom. The first-order valence-electron chi connectivity index (χ1n) is 11.5. The van der Waals surface area contributed by atoms with Gasteiger partial charge in [0.1, 0.15) is 0 Å². The van der Waals surface area contributed by atoms with Gasteiger partial charge in [0.2, 0.25) is 6.79 Å². The molecule has 35 heavy (non-hydrogen) atoms. The summed E-state index contributed by atoms with van der Waals surface area (Å²) in [5, 5.41) is 13.9. The van der Waals surface area contributed by atoms with Crippen LogP contribution < -0.4 is 19.7 Å². The Kier molecular flexibility index (Phi) is 6.49. The topological polar surface area (TPSA) is 97.2 Å². The normalized spacial score (nSPS) is 16.1. The van der Waals surface area contributed by atoms with Crippen LogP contribution in [0.2, 0.25) is 0 Å². The second-order valence-electron chi connectivity index (χ2n) is 8.50. The highest BCUT2D eigenvalue weighted by molar-refractivity contribution is 5.94. The standard InChI is InChI=1S/C26H26N4O5/c31-26(19-6-9-22(10-7-19)30(32)33)27-17-23(20-8-11-24-25(16-20)35-18-34-24)29-14-12-28(13-15-29)21-4-2-1-3-5-21/h1-11,16,23H,12-15,17-18H2,(H,27,31)/t23-/m0/s1. The quantitative estimate of drug-likeness (QED) is 0.413. The molecule has 0 bridgehead atoms. The third-order valence-electron chi connectivity index (χ3n) is 6.45. The first kappa shape index (κ1) is 22.7. The molecule has 0 unspecified atom stereocenters. The lowest BCUT2D eigenvalue weighted by atomic mass is 10.0. The van der Waals surface area contributed by atoms with Crippen LogP contribution in [0.4, 0.5) is 11.4 Å². The van der Waals surface area contributed by atoms with E-state index in [-0.39, 0.29) is 24.4 Å². The predicted octanol–water partition coefficient (Wildman–Crippen LogP) is 3.62. The molecule has 3 aromatic rings. The van der Waals surface area contributed by atoms with Crippen LogP contribution in [0.5, 0.6) is 11.5 Å². The molecule has 0 spiro atoms. The average molecular weight is 475 g/mol. The number of hydrogen-bond donors (Lipinski definition) is 1. The van der Waals surface area contributed by atoms with Crippen molar-refractivity contribution in [3.05, 3.63) is 94.0 Å². The predicted molar refractivity (Wildman–Crippen MR) is 131 cm³/mol. The molecule has 0 aliphatic carbocycles. The van der Waals surface area contributed by atoms with Crippen LogP contribution in [0.1, 0.15) is 22.0 Å². The number of nitro groups is 1. The van der Waals surface area contributed by atoms with Crippen molar-refractivity contribution in [3.8, 4) is 11.5 Å². The fourth-order valence-electron chi connectivity index (χ4n) is 4.53. The van der Waals surface area contributed by atoms with Gasteiger partial charge >= 0.3 is 0 Å². The van der Waals surface area contributed by atoms with Gasteiger partial charge in [-0.3, -0.25) is 19.8 Å². The monoisotopic (exact) mass is 474 g/mol. The number of nitrogens with one attached hydrogen (secondary N) is 1. The van der Waals surface area contributed by atoms with E-state index in [4.69, 9.17) is 9.47 Å². The van der Waals surface area contributed by atoms with Gasteiger partial charge in [-0.25, -0.2) is 0 Å². The molecule has 1 amide bonds. The van der Waals surface area contributed by atoms with Crippen LogP contribution in [0.3, 0.4) is 0 Å². The molecule has 1 N–H and O–H groups in total. The van der Waals surface area contributed by atoms with Gasteiger partial charge in [0.15, 0.2) is 11.5 Å². The molecule has 1 atom stereocenters. The number of hydrogen-bond acceptors (Lipinski definition) is 7. The van der Waals surface area contributed by atoms with E-state index in [9.17, 15) is 14.9 Å². The van der Waals surface area contributed by atoms with Crippen molar-refractivity contribution in [1.29, 1.82) is 0 Å². The number of piperazine rings is 1. The van der Waals surface area contributed by atoms with E-state index in [1.54, 1.807) is 0 Å². The second kappa shape index (κ2) is 10.0. The Hall–Kier alpha value is -4.11. The van der Waals surface area contributed by atoms with Crippen LogP contribution in [0.15, 0.2) is 72.8 Å². The average Bonchev–Trinajstić information content (AvgIpc) is 3.38. The van der Waals surface area contributed by atoms with Crippen molar-refractivity contribution in [3.63, 3.8) is 0 Å². The third-order valence-corrected chi connectivity index (χ3v) is 6.45. The number of rotatable bonds is 7. The van der Waals surface area contributed by atoms with Crippen LogP contribution >= 0.6 is 0 Å². The lowest BCUT2D eigenvalue weighted by Gasteiger charge is -2.40. The number of carbonyl (C=O) groups is 1. The Labute approximate surface area is 203 Å². The maximum absolute atomic E-state index is 12.8. The Morgan fingerprint density at radius 3 is 2.37 bits per heavy atom. The molecular weight excluding hydrogens is 448 g/mol. The van der Waals surface area contributed by atoms with Crippen molar-refractivity contribution in [1.82, 2.24) is 10.2 Å². The summed E-state index contributed by atoms with van der Waals surface area (Å²) >= 11 is 0. The Bertz CT molecular complexity index is 1190. The number of fused-ring (bicyclic) bond motifs is 1. The molecule has 1 saturated heterocycles. The minimum Gasteiger partial charge on any atom is -0.454 e. The summed E-state index contributed by atoms with van der Waals surface area (Å²) in [5.41, 5.74) is 2.58. The highest BCUT2D eigenvalue weighted by Crippen LogP contribution is 2.35. The molecule has 0 radical (unpaired) electrons. The zero-order valence-corrected chi connectivity index (χ0v) is 19.1. The van der Waals surface area contributed by atoms with Crippen molar-refractivity contribution in [2.75, 3.05) is 44.4 Å². The number of benzene rings is 3. The summed E-state index contributed by atoms with van der Waals surface area (Å²) < 4.78 is 11.0. The first-order chi connectivity index (χ1) is 17.1. The van der Waals surface area contributed by atoms with E-state index in [0.717, 1.165) is 37.5 Å². The molecule has 1 fully saturated rings. The zero-order chi connectivity index (χ0) is 24.2. The van der Waals surface area contributed by atoms with Gasteiger partial charge < -0.3 is 19.7 Å². The molecule has 2 aliphatic rings. The van der Waals surface area contributed by atoms with Gasteiger partial charge in [0.25, 0.3) is 11.6 Å². The minimum absolute atomic E-state index is 0.0453. The van der Waals surface area contributed by atoms with E-state index >= 15 is 0 Å². The molecule has 180 valence electrons. The zero-order valence-electron chi connectivity index (χ0n) is 19.1. The smallest absolute Gasteiger partial charge is 0.269 e. The van der Waals surface area contributed by atoms with Crippen molar-refractivity contribution in [2.45, 2.75) is 6.04 Å². The second-order valence-corrected chi connectivity index (χ2v) is 8.50. The lowest BCUT2D eigenvalue weighted by Crippen LogP contribution is -2.50. The largest absolute Gasteiger partial charge is 0.454 e. The molecule has 0 aromatic heterocycles. The molecule has 9 heteroatoms. The highest BCUT2D eigenvalue weighted by atomic mass is 16.7. The van der Waals surface area contributed by atoms with Gasteiger partial charge in [0.05, 0.1) is 11.0 Å². The maximum atomic E-state index is 12.8. The summed E-state index contributed by atoms with van der Waals surface area (Å²) in [6, 6.07) is 21.8. The van der Waals surface area contributed by atoms with Gasteiger partial charge in [0, 0.05) is 56.1 Å². The number of anilines is 1. The number of non-ortho nitro benzene ring substituents is 1. The third kappa shape index (κ3) is 5.04. The summed E-state index contributed by atoms with van der Waals surface area (Å²) in [6.07, 6.45) is 0. The molecule has 3 aromatic carbocycles. The Morgan fingerprint density at radius 2 is 1.66 bits per heavy atom. The van der Waals surface area contributed by atoms with Crippen LogP contribution in [0.25, 0.3) is 0 Å². The van der Waals surface area contributed by atoms with Gasteiger partial charge in [-0.2, -0.15) is 0 Å². The van der Waals surface area contributed by atoms with Gasteiger partial charge in [-0.15, -0.1) is 0 Å². The summed E-state index contributed by atoms with van der Waals surface area (Å²) in [6.45, 7) is 4.02. The van der Waals surface area contributed by atoms with Gasteiger partial charge in [-0.1, -0.05) is 24.3 Å². The maximum Gasteiger partial charge on any atom is 0.269 e. The summed E-state index contributed by atoms with van der Waals surface area (Å²) in [7, 11) is 0. The summed E-state index contributed by atoms with van der Waals surface area (Å²) in [5.74, 6) is 1.15. The van der Waals surface area contributed by atoms with Crippen LogP contribution in [0, 0.1) is 10.1 Å². The fourth-order valence-corrected chi connectivity index (χ4v) is 4.53. The van der Waals surface area contributed by atoms with E-state index in [1.165, 1.54) is 30.0 Å². The lowest BCUT2D eigenvalue weighted by molar-refractivity contribution is -0.384. The number of nitrogens with zero attached hydrogens (tertiary/aromatic N) is 3. The van der Waals surface area contributed by atoms with Crippen molar-refractivity contribution in [2.24, 2.45) is 0 Å². The Balaban J connectivity index is 1.31. The molecule has 9 nitrogen and oxygen atoms in total. The fraction of sp³-hybridized carbons (Fsp3) is 0.269. The van der Waals surface area contributed by atoms with E-state index in [1.807, 2.05) is 36.4 Å². The number of amides is 1. The minimum atomic E-state index is -0.480. The molecule has 5 rings (SSSR count). The van der Waals surface area contributed by atoms with E-state index in [2.05, 4.69) is 27.2 Å². The number of carbonyl (C=O) groups excluding carboxylic acids is 1. The van der Waals surface area contributed by atoms with Crippen LogP contribution in [-0.2, 0) is 0 Å². The first-order valence-corrected chi connectivity index (χ1v) is 11.5. The van der Waals surface area contributed by atoms with E-state index < -0.39 is 4.92 Å². The molecule has 2 heterocycles. The molecular formula is C26H26N4O5. The SMILES string of the molecule is O=C(NC[C@@H](c1ccc2c(c1)OCO2)N1CCN(c2ccccc2)CC1)c1ccc([N+](=O)[O-])cc1. The number of ether oxygens (including phenoxy) is 2. The highest BCUT2D eigenvalue weighted by Gasteiger charge is 2.27. The van der Waals surface area contributed by atoms with Crippen LogP contribution in [-0.4, -0.2) is 55.2 Å². The van der Waals surface area contributed by atoms with Crippen molar-refractivity contribution < 1.29 is 19.2 Å². The van der Waals surface area contributed by atoms with Crippen molar-refractivity contribution >= 4 is 17.3 Å². The number of nitro benzene ring substituents is 1. The molecule has 0 saturated carbocycles. The number of para-hydroxylation sites is 1. The molecule has 2 aliphatic heterocycles. The summed E-state index contributed by atoms with van der Waals surface area (Å²) in [4.78, 5) is 28.0. The van der Waals surface area contributed by atoms with Gasteiger partial charge in [-0.05, 0) is 42.0 Å². The van der Waals surface area contributed by atoms with E-state index in [0.29, 0.717) is 17.9 Å².